The van der Waals surface area contributed by atoms with Gasteiger partial charge in [0, 0.05) is 18.3 Å². The summed E-state index contributed by atoms with van der Waals surface area (Å²) in [7, 11) is 0. The molecule has 3 nitrogen and oxygen atoms in total. The number of hydrogen-bond acceptors (Lipinski definition) is 3. The molecule has 0 aliphatic carbocycles. The SMILES string of the molecule is CCC(N[C@H](C)c1ccccn1)c1ccc(O)cc1. The van der Waals surface area contributed by atoms with Crippen molar-refractivity contribution >= 4 is 0 Å². The number of nitrogens with one attached hydrogen (secondary N) is 1. The number of benzene rings is 1. The van der Waals surface area contributed by atoms with Crippen LogP contribution in [0.5, 0.6) is 5.75 Å². The van der Waals surface area contributed by atoms with E-state index in [0.717, 1.165) is 12.1 Å². The highest BCUT2D eigenvalue weighted by atomic mass is 16.3. The van der Waals surface area contributed by atoms with E-state index in [1.54, 1.807) is 12.1 Å². The van der Waals surface area contributed by atoms with Crippen molar-refractivity contribution in [3.63, 3.8) is 0 Å². The molecule has 2 atom stereocenters. The molecule has 0 radical (unpaired) electrons. The van der Waals surface area contributed by atoms with Crippen molar-refractivity contribution in [2.24, 2.45) is 0 Å². The molecule has 0 spiro atoms. The van der Waals surface area contributed by atoms with Crippen LogP contribution in [0.4, 0.5) is 0 Å². The second-order valence-corrected chi connectivity index (χ2v) is 4.70. The maximum Gasteiger partial charge on any atom is 0.115 e. The number of nitrogens with zero attached hydrogens (tertiary/aromatic N) is 1. The molecule has 0 aliphatic rings. The summed E-state index contributed by atoms with van der Waals surface area (Å²) < 4.78 is 0. The molecule has 1 aromatic carbocycles. The zero-order valence-corrected chi connectivity index (χ0v) is 11.4. The normalized spacial score (nSPS) is 14.0. The molecule has 1 heterocycles. The zero-order valence-electron chi connectivity index (χ0n) is 11.4. The van der Waals surface area contributed by atoms with Crippen molar-refractivity contribution in [1.29, 1.82) is 0 Å². The Kier molecular flexibility index (Phi) is 4.53. The fourth-order valence-corrected chi connectivity index (χ4v) is 2.18. The molecule has 1 aromatic heterocycles. The molecular formula is C16H20N2O. The van der Waals surface area contributed by atoms with Gasteiger partial charge in [-0.2, -0.15) is 0 Å². The van der Waals surface area contributed by atoms with Gasteiger partial charge < -0.3 is 10.4 Å². The van der Waals surface area contributed by atoms with Gasteiger partial charge in [0.1, 0.15) is 5.75 Å². The Bertz CT molecular complexity index is 496. The van der Waals surface area contributed by atoms with Crippen molar-refractivity contribution in [2.45, 2.75) is 32.4 Å². The molecule has 0 fully saturated rings. The molecule has 0 saturated carbocycles. The molecule has 2 rings (SSSR count). The van der Waals surface area contributed by atoms with Crippen LogP contribution in [0.2, 0.25) is 0 Å². The molecule has 0 amide bonds. The van der Waals surface area contributed by atoms with E-state index < -0.39 is 0 Å². The third kappa shape index (κ3) is 3.55. The summed E-state index contributed by atoms with van der Waals surface area (Å²) in [6.07, 6.45) is 2.80. The average Bonchev–Trinajstić information content (AvgIpc) is 2.46. The number of hydrogen-bond donors (Lipinski definition) is 2. The van der Waals surface area contributed by atoms with Crippen LogP contribution >= 0.6 is 0 Å². The van der Waals surface area contributed by atoms with Crippen LogP contribution in [-0.4, -0.2) is 10.1 Å². The highest BCUT2D eigenvalue weighted by Gasteiger charge is 2.14. The topological polar surface area (TPSA) is 45.2 Å². The maximum atomic E-state index is 9.34. The van der Waals surface area contributed by atoms with Crippen LogP contribution in [0.1, 0.15) is 43.6 Å². The lowest BCUT2D eigenvalue weighted by Crippen LogP contribution is -2.24. The minimum atomic E-state index is 0.194. The van der Waals surface area contributed by atoms with E-state index in [4.69, 9.17) is 0 Å². The Morgan fingerprint density at radius 3 is 2.47 bits per heavy atom. The molecule has 0 bridgehead atoms. The Balaban J connectivity index is 2.09. The fourth-order valence-electron chi connectivity index (χ4n) is 2.18. The van der Waals surface area contributed by atoms with Gasteiger partial charge in [-0.3, -0.25) is 4.98 Å². The second kappa shape index (κ2) is 6.34. The number of pyridine rings is 1. The van der Waals surface area contributed by atoms with Crippen molar-refractivity contribution in [3.05, 3.63) is 59.9 Å². The summed E-state index contributed by atoms with van der Waals surface area (Å²) in [6, 6.07) is 13.8. The van der Waals surface area contributed by atoms with Crippen LogP contribution in [0.3, 0.4) is 0 Å². The van der Waals surface area contributed by atoms with E-state index in [-0.39, 0.29) is 12.1 Å². The first kappa shape index (κ1) is 13.6. The van der Waals surface area contributed by atoms with Crippen molar-refractivity contribution < 1.29 is 5.11 Å². The Morgan fingerprint density at radius 2 is 1.89 bits per heavy atom. The number of aromatic nitrogens is 1. The van der Waals surface area contributed by atoms with Gasteiger partial charge in [0.2, 0.25) is 0 Å². The van der Waals surface area contributed by atoms with Crippen LogP contribution in [0.15, 0.2) is 48.7 Å². The summed E-state index contributed by atoms with van der Waals surface area (Å²) in [6.45, 7) is 4.26. The average molecular weight is 256 g/mol. The minimum Gasteiger partial charge on any atom is -0.508 e. The molecule has 3 heteroatoms. The quantitative estimate of drug-likeness (QED) is 0.859. The van der Waals surface area contributed by atoms with Gasteiger partial charge in [-0.25, -0.2) is 0 Å². The lowest BCUT2D eigenvalue weighted by Gasteiger charge is -2.22. The van der Waals surface area contributed by atoms with Crippen molar-refractivity contribution in [3.8, 4) is 5.75 Å². The smallest absolute Gasteiger partial charge is 0.115 e. The van der Waals surface area contributed by atoms with E-state index in [2.05, 4.69) is 24.1 Å². The van der Waals surface area contributed by atoms with Crippen LogP contribution < -0.4 is 5.32 Å². The third-order valence-corrected chi connectivity index (χ3v) is 3.29. The van der Waals surface area contributed by atoms with Crippen LogP contribution in [-0.2, 0) is 0 Å². The lowest BCUT2D eigenvalue weighted by molar-refractivity contribution is 0.447. The van der Waals surface area contributed by atoms with Gasteiger partial charge in [0.15, 0.2) is 0 Å². The van der Waals surface area contributed by atoms with E-state index in [9.17, 15) is 5.11 Å². The van der Waals surface area contributed by atoms with Gasteiger partial charge in [-0.1, -0.05) is 25.1 Å². The first-order chi connectivity index (χ1) is 9.20. The van der Waals surface area contributed by atoms with Gasteiger partial charge in [-0.05, 0) is 43.2 Å². The number of rotatable bonds is 5. The monoisotopic (exact) mass is 256 g/mol. The van der Waals surface area contributed by atoms with Gasteiger partial charge in [-0.15, -0.1) is 0 Å². The Morgan fingerprint density at radius 1 is 1.16 bits per heavy atom. The highest BCUT2D eigenvalue weighted by Crippen LogP contribution is 2.22. The van der Waals surface area contributed by atoms with Gasteiger partial charge in [0.05, 0.1) is 5.69 Å². The summed E-state index contributed by atoms with van der Waals surface area (Å²) >= 11 is 0. The Labute approximate surface area is 114 Å². The van der Waals surface area contributed by atoms with E-state index in [1.165, 1.54) is 5.56 Å². The molecule has 100 valence electrons. The molecule has 0 aliphatic heterocycles. The molecular weight excluding hydrogens is 236 g/mol. The van der Waals surface area contributed by atoms with Crippen molar-refractivity contribution in [1.82, 2.24) is 10.3 Å². The molecule has 1 unspecified atom stereocenters. The minimum absolute atomic E-state index is 0.194. The maximum absolute atomic E-state index is 9.34. The van der Waals surface area contributed by atoms with Crippen molar-refractivity contribution in [2.75, 3.05) is 0 Å². The summed E-state index contributed by atoms with van der Waals surface area (Å²) in [5.74, 6) is 0.302. The third-order valence-electron chi connectivity index (χ3n) is 3.29. The largest absolute Gasteiger partial charge is 0.508 e. The summed E-state index contributed by atoms with van der Waals surface area (Å²) in [4.78, 5) is 4.37. The molecule has 2 aromatic rings. The lowest BCUT2D eigenvalue weighted by atomic mass is 10.0. The molecule has 2 N–H and O–H groups in total. The number of phenols is 1. The number of aromatic hydroxyl groups is 1. The predicted molar refractivity (Wildman–Crippen MR) is 76.9 cm³/mol. The summed E-state index contributed by atoms with van der Waals surface area (Å²) in [5.41, 5.74) is 2.22. The fraction of sp³-hybridized carbons (Fsp3) is 0.312. The first-order valence-electron chi connectivity index (χ1n) is 6.66. The number of phenolic OH excluding ortho intramolecular Hbond substituents is 1. The van der Waals surface area contributed by atoms with E-state index >= 15 is 0 Å². The molecule has 0 saturated heterocycles. The van der Waals surface area contributed by atoms with Crippen LogP contribution in [0, 0.1) is 0 Å². The standard InChI is InChI=1S/C16H20N2O/c1-3-15(13-7-9-14(19)10-8-13)18-12(2)16-6-4-5-11-17-16/h4-12,15,18-19H,3H2,1-2H3/t12-,15?/m1/s1. The summed E-state index contributed by atoms with van der Waals surface area (Å²) in [5, 5.41) is 12.9. The second-order valence-electron chi connectivity index (χ2n) is 4.70. The van der Waals surface area contributed by atoms with Gasteiger partial charge >= 0.3 is 0 Å². The molecule has 19 heavy (non-hydrogen) atoms. The van der Waals surface area contributed by atoms with Crippen LogP contribution in [0.25, 0.3) is 0 Å². The van der Waals surface area contributed by atoms with E-state index in [1.807, 2.05) is 36.5 Å². The predicted octanol–water partition coefficient (Wildman–Crippen LogP) is 3.59. The van der Waals surface area contributed by atoms with E-state index in [0.29, 0.717) is 5.75 Å². The zero-order chi connectivity index (χ0) is 13.7. The van der Waals surface area contributed by atoms with Gasteiger partial charge in [0.25, 0.3) is 0 Å². The Hall–Kier alpha value is -1.87. The first-order valence-corrected chi connectivity index (χ1v) is 6.66. The highest BCUT2D eigenvalue weighted by molar-refractivity contribution is 5.28.